The highest BCUT2D eigenvalue weighted by Crippen LogP contribution is 2.42. The Morgan fingerprint density at radius 2 is 1.88 bits per heavy atom. The van der Waals surface area contributed by atoms with Gasteiger partial charge >= 0.3 is 0 Å². The molecule has 0 aromatic heterocycles. The fourth-order valence-electron chi connectivity index (χ4n) is 2.89. The van der Waals surface area contributed by atoms with Crippen LogP contribution in [-0.4, -0.2) is 6.10 Å². The number of aryl methyl sites for hydroxylation is 1. The van der Waals surface area contributed by atoms with E-state index in [1.807, 2.05) is 0 Å². The third-order valence-electron chi connectivity index (χ3n) is 3.59. The molecule has 2 nitrogen and oxygen atoms in total. The minimum atomic E-state index is -0.171. The Balaban J connectivity index is 2.43. The molecule has 1 saturated carbocycles. The lowest BCUT2D eigenvalue weighted by molar-refractivity contribution is 0.234. The summed E-state index contributed by atoms with van der Waals surface area (Å²) in [4.78, 5) is 0. The molecule has 0 saturated heterocycles. The average molecular weight is 233 g/mol. The Bertz CT molecular complexity index is 392. The summed E-state index contributed by atoms with van der Waals surface area (Å²) < 4.78 is 5.92. The summed E-state index contributed by atoms with van der Waals surface area (Å²) in [6, 6.07) is 6.24. The first-order chi connectivity index (χ1) is 8.03. The van der Waals surface area contributed by atoms with Gasteiger partial charge in [0.25, 0.3) is 0 Å². The minimum absolute atomic E-state index is 0.171. The minimum Gasteiger partial charge on any atom is -0.491 e. The molecule has 2 rings (SSSR count). The Morgan fingerprint density at radius 3 is 2.47 bits per heavy atom. The highest BCUT2D eigenvalue weighted by atomic mass is 16.5. The van der Waals surface area contributed by atoms with E-state index in [1.54, 1.807) is 0 Å². The number of benzene rings is 1. The molecule has 1 aliphatic carbocycles. The number of hydrogen-bond donors (Lipinski definition) is 1. The van der Waals surface area contributed by atoms with Gasteiger partial charge in [-0.15, -0.1) is 0 Å². The van der Waals surface area contributed by atoms with Gasteiger partial charge in [-0.05, 0) is 45.2 Å². The number of ether oxygens (including phenoxy) is 1. The molecule has 0 amide bonds. The summed E-state index contributed by atoms with van der Waals surface area (Å²) in [5.74, 6) is 0.976. The van der Waals surface area contributed by atoms with E-state index >= 15 is 0 Å². The van der Waals surface area contributed by atoms with Crippen molar-refractivity contribution in [1.82, 2.24) is 0 Å². The largest absolute Gasteiger partial charge is 0.491 e. The highest BCUT2D eigenvalue weighted by Gasteiger charge is 2.35. The number of nitrogens with two attached hydrogens (primary N) is 1. The Hall–Kier alpha value is -1.02. The van der Waals surface area contributed by atoms with Gasteiger partial charge in [0, 0.05) is 11.1 Å². The molecule has 94 valence electrons. The standard InChI is InChI=1S/C15H23NO/c1-11(2)17-13-8-6-7-12(3)14(13)15(16)9-4-5-10-15/h6-8,11H,4-5,9-10,16H2,1-3H3. The van der Waals surface area contributed by atoms with E-state index in [0.29, 0.717) is 0 Å². The van der Waals surface area contributed by atoms with Crippen molar-refractivity contribution in [2.45, 2.75) is 58.1 Å². The van der Waals surface area contributed by atoms with Gasteiger partial charge in [0.2, 0.25) is 0 Å². The second-order valence-corrected chi connectivity index (χ2v) is 5.48. The summed E-state index contributed by atoms with van der Waals surface area (Å²) in [5.41, 5.74) is 8.89. The molecule has 0 bridgehead atoms. The molecule has 1 aliphatic rings. The first kappa shape index (κ1) is 12.4. The third-order valence-corrected chi connectivity index (χ3v) is 3.59. The molecule has 0 atom stereocenters. The van der Waals surface area contributed by atoms with Crippen molar-refractivity contribution in [2.75, 3.05) is 0 Å². The van der Waals surface area contributed by atoms with Crippen LogP contribution in [0.5, 0.6) is 5.75 Å². The zero-order valence-corrected chi connectivity index (χ0v) is 11.1. The molecule has 0 unspecified atom stereocenters. The van der Waals surface area contributed by atoms with E-state index in [1.165, 1.54) is 24.0 Å². The molecule has 2 N–H and O–H groups in total. The zero-order chi connectivity index (χ0) is 12.5. The van der Waals surface area contributed by atoms with Gasteiger partial charge < -0.3 is 10.5 Å². The first-order valence-corrected chi connectivity index (χ1v) is 6.58. The van der Waals surface area contributed by atoms with Crippen LogP contribution in [0.4, 0.5) is 0 Å². The maximum atomic E-state index is 6.58. The van der Waals surface area contributed by atoms with Crippen LogP contribution in [0.15, 0.2) is 18.2 Å². The van der Waals surface area contributed by atoms with Gasteiger partial charge in [-0.25, -0.2) is 0 Å². The first-order valence-electron chi connectivity index (χ1n) is 6.58. The monoisotopic (exact) mass is 233 g/mol. The van der Waals surface area contributed by atoms with Gasteiger partial charge in [-0.1, -0.05) is 25.0 Å². The van der Waals surface area contributed by atoms with E-state index < -0.39 is 0 Å². The lowest BCUT2D eigenvalue weighted by Crippen LogP contribution is -2.34. The Labute approximate surface area is 104 Å². The normalized spacial score (nSPS) is 18.6. The highest BCUT2D eigenvalue weighted by molar-refractivity contribution is 5.45. The van der Waals surface area contributed by atoms with Crippen LogP contribution in [0, 0.1) is 6.92 Å². The van der Waals surface area contributed by atoms with Crippen molar-refractivity contribution in [3.8, 4) is 5.75 Å². The zero-order valence-electron chi connectivity index (χ0n) is 11.1. The Morgan fingerprint density at radius 1 is 1.24 bits per heavy atom. The van der Waals surface area contributed by atoms with E-state index in [9.17, 15) is 0 Å². The second kappa shape index (κ2) is 4.69. The number of hydrogen-bond acceptors (Lipinski definition) is 2. The molecule has 2 heteroatoms. The summed E-state index contributed by atoms with van der Waals surface area (Å²) in [7, 11) is 0. The molecule has 0 aliphatic heterocycles. The van der Waals surface area contributed by atoms with Gasteiger partial charge in [0.15, 0.2) is 0 Å². The predicted octanol–water partition coefficient (Wildman–Crippen LogP) is 3.51. The molecule has 1 aromatic rings. The average Bonchev–Trinajstić information content (AvgIpc) is 2.64. The van der Waals surface area contributed by atoms with E-state index in [-0.39, 0.29) is 11.6 Å². The lowest BCUT2D eigenvalue weighted by atomic mass is 9.85. The second-order valence-electron chi connectivity index (χ2n) is 5.48. The summed E-state index contributed by atoms with van der Waals surface area (Å²) in [6.45, 7) is 6.25. The molecule has 1 fully saturated rings. The van der Waals surface area contributed by atoms with Crippen LogP contribution in [0.2, 0.25) is 0 Å². The lowest BCUT2D eigenvalue weighted by Gasteiger charge is -2.29. The van der Waals surface area contributed by atoms with Crippen molar-refractivity contribution in [3.63, 3.8) is 0 Å². The fourth-order valence-corrected chi connectivity index (χ4v) is 2.89. The van der Waals surface area contributed by atoms with Crippen molar-refractivity contribution in [3.05, 3.63) is 29.3 Å². The maximum absolute atomic E-state index is 6.58. The molecular weight excluding hydrogens is 210 g/mol. The molecule has 1 aromatic carbocycles. The van der Waals surface area contributed by atoms with Crippen LogP contribution in [-0.2, 0) is 5.54 Å². The van der Waals surface area contributed by atoms with Crippen molar-refractivity contribution >= 4 is 0 Å². The predicted molar refractivity (Wildman–Crippen MR) is 71.3 cm³/mol. The van der Waals surface area contributed by atoms with Crippen molar-refractivity contribution in [2.24, 2.45) is 5.73 Å². The summed E-state index contributed by atoms with van der Waals surface area (Å²) in [5, 5.41) is 0. The van der Waals surface area contributed by atoms with Crippen molar-refractivity contribution in [1.29, 1.82) is 0 Å². The topological polar surface area (TPSA) is 35.2 Å². The van der Waals surface area contributed by atoms with Crippen LogP contribution >= 0.6 is 0 Å². The van der Waals surface area contributed by atoms with Crippen LogP contribution in [0.1, 0.15) is 50.7 Å². The molecule has 0 spiro atoms. The molecule has 17 heavy (non-hydrogen) atoms. The molecule has 0 radical (unpaired) electrons. The van der Waals surface area contributed by atoms with Gasteiger partial charge in [-0.2, -0.15) is 0 Å². The quantitative estimate of drug-likeness (QED) is 0.867. The van der Waals surface area contributed by atoms with E-state index in [4.69, 9.17) is 10.5 Å². The summed E-state index contributed by atoms with van der Waals surface area (Å²) in [6.07, 6.45) is 4.80. The van der Waals surface area contributed by atoms with E-state index in [0.717, 1.165) is 18.6 Å². The Kier molecular flexibility index (Phi) is 3.43. The molecular formula is C15H23NO. The maximum Gasteiger partial charge on any atom is 0.125 e. The SMILES string of the molecule is Cc1cccc(OC(C)C)c1C1(N)CCCC1. The summed E-state index contributed by atoms with van der Waals surface area (Å²) >= 11 is 0. The van der Waals surface area contributed by atoms with Crippen LogP contribution in [0.3, 0.4) is 0 Å². The molecule has 0 heterocycles. The van der Waals surface area contributed by atoms with Crippen LogP contribution in [0.25, 0.3) is 0 Å². The van der Waals surface area contributed by atoms with Gasteiger partial charge in [-0.3, -0.25) is 0 Å². The van der Waals surface area contributed by atoms with Crippen molar-refractivity contribution < 1.29 is 4.74 Å². The van der Waals surface area contributed by atoms with Gasteiger partial charge in [0.05, 0.1) is 6.10 Å². The fraction of sp³-hybridized carbons (Fsp3) is 0.600. The van der Waals surface area contributed by atoms with Crippen LogP contribution < -0.4 is 10.5 Å². The smallest absolute Gasteiger partial charge is 0.125 e. The van der Waals surface area contributed by atoms with Gasteiger partial charge in [0.1, 0.15) is 5.75 Å². The number of rotatable bonds is 3. The van der Waals surface area contributed by atoms with E-state index in [2.05, 4.69) is 39.0 Å². The third kappa shape index (κ3) is 2.47.